The minimum atomic E-state index is 0.156. The molecule has 0 bridgehead atoms. The van der Waals surface area contributed by atoms with Crippen LogP contribution < -0.4 is 5.32 Å². The molecule has 4 heteroatoms. The minimum absolute atomic E-state index is 0.156. The average molecular weight is 252 g/mol. The molecule has 0 saturated heterocycles. The summed E-state index contributed by atoms with van der Waals surface area (Å²) in [5.41, 5.74) is 0.410. The Kier molecular flexibility index (Phi) is 4.54. The Hall–Kier alpha value is -0.900. The highest BCUT2D eigenvalue weighted by Gasteiger charge is 2.27. The molecule has 1 atom stereocenters. The van der Waals surface area contributed by atoms with E-state index in [9.17, 15) is 0 Å². The number of hydrogen-bond donors (Lipinski definition) is 1. The molecule has 104 valence electrons. The van der Waals surface area contributed by atoms with Crippen LogP contribution in [0.1, 0.15) is 47.4 Å². The summed E-state index contributed by atoms with van der Waals surface area (Å²) in [5, 5.41) is 7.75. The standard InChI is InChI=1S/C14H28N4/c1-13(2,3)11(9-16-14(4,5)6)8-12-15-10-17-18(12)7/h10-11,16H,8-9H2,1-7H3. The van der Waals surface area contributed by atoms with Crippen molar-refractivity contribution in [3.63, 3.8) is 0 Å². The van der Waals surface area contributed by atoms with Crippen molar-refractivity contribution in [2.24, 2.45) is 18.4 Å². The van der Waals surface area contributed by atoms with Gasteiger partial charge in [0.25, 0.3) is 0 Å². The van der Waals surface area contributed by atoms with Crippen LogP contribution in [-0.4, -0.2) is 26.8 Å². The van der Waals surface area contributed by atoms with Gasteiger partial charge >= 0.3 is 0 Å². The smallest absolute Gasteiger partial charge is 0.138 e. The van der Waals surface area contributed by atoms with Crippen LogP contribution in [0.3, 0.4) is 0 Å². The number of hydrogen-bond acceptors (Lipinski definition) is 3. The zero-order valence-electron chi connectivity index (χ0n) is 12.9. The van der Waals surface area contributed by atoms with E-state index in [4.69, 9.17) is 0 Å². The monoisotopic (exact) mass is 252 g/mol. The van der Waals surface area contributed by atoms with Crippen LogP contribution in [0.25, 0.3) is 0 Å². The predicted octanol–water partition coefficient (Wildman–Crippen LogP) is 2.41. The van der Waals surface area contributed by atoms with E-state index in [-0.39, 0.29) is 11.0 Å². The molecule has 0 spiro atoms. The van der Waals surface area contributed by atoms with Crippen molar-refractivity contribution in [1.29, 1.82) is 0 Å². The number of rotatable bonds is 4. The summed E-state index contributed by atoms with van der Waals surface area (Å²) in [6, 6.07) is 0. The van der Waals surface area contributed by atoms with Gasteiger partial charge < -0.3 is 5.32 Å². The largest absolute Gasteiger partial charge is 0.312 e. The minimum Gasteiger partial charge on any atom is -0.312 e. The first-order valence-electron chi connectivity index (χ1n) is 6.67. The quantitative estimate of drug-likeness (QED) is 0.895. The second kappa shape index (κ2) is 5.39. The van der Waals surface area contributed by atoms with Gasteiger partial charge in [-0.1, -0.05) is 20.8 Å². The van der Waals surface area contributed by atoms with Crippen LogP contribution in [0.2, 0.25) is 0 Å². The fourth-order valence-electron chi connectivity index (χ4n) is 1.84. The maximum atomic E-state index is 4.34. The fraction of sp³-hybridized carbons (Fsp3) is 0.857. The molecular formula is C14H28N4. The van der Waals surface area contributed by atoms with Crippen molar-refractivity contribution < 1.29 is 0 Å². The van der Waals surface area contributed by atoms with Gasteiger partial charge in [0, 0.05) is 19.0 Å². The maximum absolute atomic E-state index is 4.34. The Morgan fingerprint density at radius 3 is 2.22 bits per heavy atom. The molecule has 0 aliphatic rings. The predicted molar refractivity (Wildman–Crippen MR) is 75.4 cm³/mol. The van der Waals surface area contributed by atoms with Gasteiger partial charge in [0.2, 0.25) is 0 Å². The van der Waals surface area contributed by atoms with Crippen LogP contribution in [-0.2, 0) is 13.5 Å². The van der Waals surface area contributed by atoms with Gasteiger partial charge in [-0.2, -0.15) is 5.10 Å². The van der Waals surface area contributed by atoms with Gasteiger partial charge in [0.15, 0.2) is 0 Å². The Balaban J connectivity index is 2.71. The molecular weight excluding hydrogens is 224 g/mol. The summed E-state index contributed by atoms with van der Waals surface area (Å²) in [6.07, 6.45) is 2.59. The SMILES string of the molecule is Cn1ncnc1CC(CNC(C)(C)C)C(C)(C)C. The third-order valence-electron chi connectivity index (χ3n) is 3.34. The fourth-order valence-corrected chi connectivity index (χ4v) is 1.84. The van der Waals surface area contributed by atoms with Gasteiger partial charge in [-0.25, -0.2) is 4.98 Å². The van der Waals surface area contributed by atoms with Crippen molar-refractivity contribution in [3.05, 3.63) is 12.2 Å². The molecule has 1 rings (SSSR count). The topological polar surface area (TPSA) is 42.7 Å². The third-order valence-corrected chi connectivity index (χ3v) is 3.34. The van der Waals surface area contributed by atoms with Crippen molar-refractivity contribution in [2.45, 2.75) is 53.5 Å². The van der Waals surface area contributed by atoms with Crippen LogP contribution in [0.4, 0.5) is 0 Å². The van der Waals surface area contributed by atoms with E-state index in [2.05, 4.69) is 56.9 Å². The van der Waals surface area contributed by atoms with Gasteiger partial charge in [0.1, 0.15) is 12.2 Å². The van der Waals surface area contributed by atoms with Crippen molar-refractivity contribution in [2.75, 3.05) is 6.54 Å². The highest BCUT2D eigenvalue weighted by atomic mass is 15.3. The Labute approximate surface area is 111 Å². The van der Waals surface area contributed by atoms with Crippen molar-refractivity contribution >= 4 is 0 Å². The van der Waals surface area contributed by atoms with Crippen molar-refractivity contribution in [1.82, 2.24) is 20.1 Å². The van der Waals surface area contributed by atoms with E-state index in [0.717, 1.165) is 18.8 Å². The molecule has 18 heavy (non-hydrogen) atoms. The van der Waals surface area contributed by atoms with E-state index in [0.29, 0.717) is 5.92 Å². The molecule has 4 nitrogen and oxygen atoms in total. The Morgan fingerprint density at radius 1 is 1.22 bits per heavy atom. The first kappa shape index (κ1) is 15.2. The van der Waals surface area contributed by atoms with Crippen molar-refractivity contribution in [3.8, 4) is 0 Å². The lowest BCUT2D eigenvalue weighted by molar-refractivity contribution is 0.210. The van der Waals surface area contributed by atoms with E-state index >= 15 is 0 Å². The van der Waals surface area contributed by atoms with Gasteiger partial charge in [-0.15, -0.1) is 0 Å². The van der Waals surface area contributed by atoms with Crippen LogP contribution in [0, 0.1) is 11.3 Å². The highest BCUT2D eigenvalue weighted by Crippen LogP contribution is 2.28. The third kappa shape index (κ3) is 4.77. The molecule has 0 fully saturated rings. The molecule has 1 unspecified atom stereocenters. The molecule has 0 aliphatic carbocycles. The number of aryl methyl sites for hydroxylation is 1. The number of nitrogens with one attached hydrogen (secondary N) is 1. The van der Waals surface area contributed by atoms with Crippen LogP contribution >= 0.6 is 0 Å². The lowest BCUT2D eigenvalue weighted by Crippen LogP contribution is -2.43. The lowest BCUT2D eigenvalue weighted by atomic mass is 9.78. The van der Waals surface area contributed by atoms with Gasteiger partial charge in [-0.05, 0) is 38.6 Å². The average Bonchev–Trinajstić information content (AvgIpc) is 2.55. The summed E-state index contributed by atoms with van der Waals surface area (Å²) >= 11 is 0. The van der Waals surface area contributed by atoms with E-state index in [1.807, 2.05) is 11.7 Å². The molecule has 0 saturated carbocycles. The highest BCUT2D eigenvalue weighted by molar-refractivity contribution is 4.91. The molecule has 0 amide bonds. The summed E-state index contributed by atoms with van der Waals surface area (Å²) in [4.78, 5) is 4.34. The summed E-state index contributed by atoms with van der Waals surface area (Å²) in [5.74, 6) is 1.60. The van der Waals surface area contributed by atoms with Crippen LogP contribution in [0.5, 0.6) is 0 Å². The lowest BCUT2D eigenvalue weighted by Gasteiger charge is -2.33. The number of nitrogens with zero attached hydrogens (tertiary/aromatic N) is 3. The number of aromatic nitrogens is 3. The van der Waals surface area contributed by atoms with E-state index in [1.54, 1.807) is 6.33 Å². The normalized spacial score (nSPS) is 14.8. The molecule has 1 aromatic heterocycles. The first-order chi connectivity index (χ1) is 8.09. The first-order valence-corrected chi connectivity index (χ1v) is 6.67. The maximum Gasteiger partial charge on any atom is 0.138 e. The molecule has 1 aromatic rings. The molecule has 0 aromatic carbocycles. The zero-order valence-corrected chi connectivity index (χ0v) is 12.9. The Bertz CT molecular complexity index is 368. The van der Waals surface area contributed by atoms with Gasteiger partial charge in [0.05, 0.1) is 0 Å². The zero-order chi connectivity index (χ0) is 14.0. The molecule has 0 aliphatic heterocycles. The Morgan fingerprint density at radius 2 is 1.83 bits per heavy atom. The van der Waals surface area contributed by atoms with E-state index < -0.39 is 0 Å². The molecule has 1 N–H and O–H groups in total. The summed E-state index contributed by atoms with van der Waals surface area (Å²) < 4.78 is 1.87. The van der Waals surface area contributed by atoms with E-state index in [1.165, 1.54) is 0 Å². The second-order valence-corrected chi connectivity index (χ2v) is 7.20. The molecule has 0 radical (unpaired) electrons. The van der Waals surface area contributed by atoms with Gasteiger partial charge in [-0.3, -0.25) is 4.68 Å². The second-order valence-electron chi connectivity index (χ2n) is 7.20. The summed E-state index contributed by atoms with van der Waals surface area (Å²) in [7, 11) is 1.96. The molecule has 1 heterocycles. The summed E-state index contributed by atoms with van der Waals surface area (Å²) in [6.45, 7) is 14.5. The van der Waals surface area contributed by atoms with Crippen LogP contribution in [0.15, 0.2) is 6.33 Å².